The molecular formula is C13H7ClO3S. The quantitative estimate of drug-likeness (QED) is 0.735. The Balaban J connectivity index is 2.44. The molecule has 1 N–H and O–H groups in total. The van der Waals surface area contributed by atoms with Gasteiger partial charge < -0.3 is 9.52 Å². The van der Waals surface area contributed by atoms with Gasteiger partial charge in [0.2, 0.25) is 0 Å². The first-order valence-electron chi connectivity index (χ1n) is 5.17. The maximum atomic E-state index is 11.3. The van der Waals surface area contributed by atoms with Crippen LogP contribution in [-0.2, 0) is 0 Å². The van der Waals surface area contributed by atoms with Crippen LogP contribution in [0.3, 0.4) is 0 Å². The predicted octanol–water partition coefficient (Wildman–Crippen LogP) is 3.88. The van der Waals surface area contributed by atoms with Gasteiger partial charge in [0, 0.05) is 16.1 Å². The molecule has 0 aliphatic carbocycles. The SMILES string of the molecule is O=c1oc2ccc(O)c(-c3ccccc3Cl)c2s1. The van der Waals surface area contributed by atoms with E-state index >= 15 is 0 Å². The van der Waals surface area contributed by atoms with Crippen LogP contribution >= 0.6 is 22.9 Å². The molecule has 0 atom stereocenters. The van der Waals surface area contributed by atoms with Gasteiger partial charge in [-0.1, -0.05) is 41.1 Å². The van der Waals surface area contributed by atoms with E-state index in [0.29, 0.717) is 26.4 Å². The third kappa shape index (κ3) is 1.70. The van der Waals surface area contributed by atoms with Gasteiger partial charge in [-0.15, -0.1) is 0 Å². The fourth-order valence-electron chi connectivity index (χ4n) is 1.85. The lowest BCUT2D eigenvalue weighted by Crippen LogP contribution is -1.81. The average Bonchev–Trinajstić information content (AvgIpc) is 2.71. The van der Waals surface area contributed by atoms with Crippen LogP contribution in [0, 0.1) is 0 Å². The third-order valence-electron chi connectivity index (χ3n) is 2.62. The summed E-state index contributed by atoms with van der Waals surface area (Å²) in [5, 5.41) is 10.5. The minimum Gasteiger partial charge on any atom is -0.507 e. The van der Waals surface area contributed by atoms with Crippen LogP contribution in [0.15, 0.2) is 45.6 Å². The second-order valence-corrected chi connectivity index (χ2v) is 5.07. The lowest BCUT2D eigenvalue weighted by Gasteiger charge is -2.07. The summed E-state index contributed by atoms with van der Waals surface area (Å²) < 4.78 is 5.64. The van der Waals surface area contributed by atoms with Crippen LogP contribution in [0.4, 0.5) is 0 Å². The summed E-state index contributed by atoms with van der Waals surface area (Å²) in [6.07, 6.45) is 0. The van der Waals surface area contributed by atoms with Gasteiger partial charge in [-0.25, -0.2) is 4.79 Å². The molecular weight excluding hydrogens is 272 g/mol. The number of phenolic OH excluding ortho intramolecular Hbond substituents is 1. The summed E-state index contributed by atoms with van der Waals surface area (Å²) >= 11 is 7.08. The maximum absolute atomic E-state index is 11.3. The summed E-state index contributed by atoms with van der Waals surface area (Å²) in [6.45, 7) is 0. The van der Waals surface area contributed by atoms with Crippen molar-refractivity contribution in [2.24, 2.45) is 0 Å². The molecule has 0 saturated heterocycles. The highest BCUT2D eigenvalue weighted by molar-refractivity contribution is 7.16. The van der Waals surface area contributed by atoms with Gasteiger partial charge in [0.05, 0.1) is 4.70 Å². The molecule has 0 aliphatic heterocycles. The number of hydrogen-bond donors (Lipinski definition) is 1. The fourth-order valence-corrected chi connectivity index (χ4v) is 2.91. The highest BCUT2D eigenvalue weighted by Crippen LogP contribution is 2.40. The molecule has 1 aromatic heterocycles. The molecule has 0 unspecified atom stereocenters. The summed E-state index contributed by atoms with van der Waals surface area (Å²) in [7, 11) is 0. The summed E-state index contributed by atoms with van der Waals surface area (Å²) in [6, 6.07) is 10.2. The standard InChI is InChI=1S/C13H7ClO3S/c14-8-4-2-1-3-7(8)11-9(15)5-6-10-12(11)18-13(16)17-10/h1-6,15H. The molecule has 0 aliphatic rings. The number of rotatable bonds is 1. The first-order chi connectivity index (χ1) is 8.66. The second-order valence-electron chi connectivity index (χ2n) is 3.72. The average molecular weight is 279 g/mol. The van der Waals surface area contributed by atoms with Crippen LogP contribution in [0.25, 0.3) is 21.4 Å². The van der Waals surface area contributed by atoms with E-state index in [1.54, 1.807) is 24.3 Å². The first kappa shape index (κ1) is 11.3. The van der Waals surface area contributed by atoms with Crippen molar-refractivity contribution in [1.82, 2.24) is 0 Å². The van der Waals surface area contributed by atoms with Gasteiger partial charge in [0.1, 0.15) is 11.3 Å². The molecule has 0 fully saturated rings. The fraction of sp³-hybridized carbons (Fsp3) is 0. The lowest BCUT2D eigenvalue weighted by atomic mass is 10.0. The van der Waals surface area contributed by atoms with E-state index in [9.17, 15) is 9.90 Å². The number of halogens is 1. The molecule has 5 heteroatoms. The molecule has 90 valence electrons. The molecule has 3 nitrogen and oxygen atoms in total. The molecule has 1 heterocycles. The molecule has 0 spiro atoms. The topological polar surface area (TPSA) is 50.4 Å². The van der Waals surface area contributed by atoms with Crippen LogP contribution in [0.1, 0.15) is 0 Å². The van der Waals surface area contributed by atoms with Gasteiger partial charge in [-0.2, -0.15) is 0 Å². The van der Waals surface area contributed by atoms with Gasteiger partial charge in [-0.3, -0.25) is 0 Å². The minimum absolute atomic E-state index is 0.0765. The molecule has 0 bridgehead atoms. The number of benzene rings is 2. The Morgan fingerprint density at radius 1 is 1.17 bits per heavy atom. The van der Waals surface area contributed by atoms with Crippen LogP contribution in [0.2, 0.25) is 5.02 Å². The Morgan fingerprint density at radius 3 is 2.72 bits per heavy atom. The Hall–Kier alpha value is -1.78. The van der Waals surface area contributed by atoms with E-state index in [1.807, 2.05) is 6.07 Å². The van der Waals surface area contributed by atoms with Crippen molar-refractivity contribution in [3.8, 4) is 16.9 Å². The molecule has 0 radical (unpaired) electrons. The molecule has 18 heavy (non-hydrogen) atoms. The zero-order chi connectivity index (χ0) is 12.7. The minimum atomic E-state index is -0.399. The Kier molecular flexibility index (Phi) is 2.61. The van der Waals surface area contributed by atoms with Crippen molar-refractivity contribution >= 4 is 33.2 Å². The van der Waals surface area contributed by atoms with Crippen LogP contribution < -0.4 is 4.94 Å². The molecule has 0 amide bonds. The summed E-state index contributed by atoms with van der Waals surface area (Å²) in [5.41, 5.74) is 1.67. The smallest absolute Gasteiger partial charge is 0.396 e. The van der Waals surface area contributed by atoms with Gasteiger partial charge in [-0.05, 0) is 18.2 Å². The first-order valence-corrected chi connectivity index (χ1v) is 6.37. The van der Waals surface area contributed by atoms with Gasteiger partial charge in [0.25, 0.3) is 0 Å². The van der Waals surface area contributed by atoms with Crippen LogP contribution in [-0.4, -0.2) is 5.11 Å². The molecule has 3 aromatic rings. The van der Waals surface area contributed by atoms with Crippen molar-refractivity contribution in [3.05, 3.63) is 51.2 Å². The third-order valence-corrected chi connectivity index (χ3v) is 3.81. The highest BCUT2D eigenvalue weighted by Gasteiger charge is 2.15. The molecule has 0 saturated carbocycles. The highest BCUT2D eigenvalue weighted by atomic mass is 35.5. The zero-order valence-corrected chi connectivity index (χ0v) is 10.6. The largest absolute Gasteiger partial charge is 0.507 e. The van der Waals surface area contributed by atoms with E-state index in [-0.39, 0.29) is 5.75 Å². The lowest BCUT2D eigenvalue weighted by molar-refractivity contribution is 0.477. The second kappa shape index (κ2) is 4.15. The van der Waals surface area contributed by atoms with Crippen molar-refractivity contribution in [2.75, 3.05) is 0 Å². The van der Waals surface area contributed by atoms with E-state index < -0.39 is 4.94 Å². The normalized spacial score (nSPS) is 10.9. The maximum Gasteiger partial charge on any atom is 0.396 e. The van der Waals surface area contributed by atoms with Gasteiger partial charge in [0.15, 0.2) is 0 Å². The molecule has 3 rings (SSSR count). The number of hydrogen-bond acceptors (Lipinski definition) is 4. The predicted molar refractivity (Wildman–Crippen MR) is 72.5 cm³/mol. The number of phenols is 1. The molecule has 2 aromatic carbocycles. The van der Waals surface area contributed by atoms with Crippen molar-refractivity contribution in [3.63, 3.8) is 0 Å². The van der Waals surface area contributed by atoms with Crippen LogP contribution in [0.5, 0.6) is 5.75 Å². The summed E-state index contributed by atoms with van der Waals surface area (Å²) in [4.78, 5) is 10.9. The summed E-state index contributed by atoms with van der Waals surface area (Å²) in [5.74, 6) is 0.0765. The number of fused-ring (bicyclic) bond motifs is 1. The Morgan fingerprint density at radius 2 is 1.94 bits per heavy atom. The van der Waals surface area contributed by atoms with Crippen molar-refractivity contribution in [1.29, 1.82) is 0 Å². The monoisotopic (exact) mass is 278 g/mol. The Bertz CT molecular complexity index is 788. The van der Waals surface area contributed by atoms with E-state index in [2.05, 4.69) is 0 Å². The van der Waals surface area contributed by atoms with Gasteiger partial charge >= 0.3 is 4.94 Å². The van der Waals surface area contributed by atoms with E-state index in [0.717, 1.165) is 11.3 Å². The van der Waals surface area contributed by atoms with E-state index in [4.69, 9.17) is 16.0 Å². The van der Waals surface area contributed by atoms with Crippen molar-refractivity contribution in [2.45, 2.75) is 0 Å². The van der Waals surface area contributed by atoms with E-state index in [1.165, 1.54) is 6.07 Å². The zero-order valence-electron chi connectivity index (χ0n) is 9.01. The Labute approximate surface area is 111 Å². The number of aromatic hydroxyl groups is 1. The van der Waals surface area contributed by atoms with Crippen molar-refractivity contribution < 1.29 is 9.52 Å².